The maximum atomic E-state index is 13.0. The van der Waals surface area contributed by atoms with Crippen molar-refractivity contribution in [2.24, 2.45) is 0 Å². The SMILES string of the molecule is O=C(c1ccc(CS(=O)(=O)c2cccc3ocnc23)cc1)N1CCC(O)(c2ccccc2Cl)CC1. The topological polar surface area (TPSA) is 101 Å². The molecule has 7 nitrogen and oxygen atoms in total. The van der Waals surface area contributed by atoms with E-state index in [0.717, 1.165) is 0 Å². The summed E-state index contributed by atoms with van der Waals surface area (Å²) in [6.07, 6.45) is 1.98. The largest absolute Gasteiger partial charge is 0.443 e. The molecule has 0 bridgehead atoms. The van der Waals surface area contributed by atoms with E-state index >= 15 is 0 Å². The van der Waals surface area contributed by atoms with Crippen LogP contribution in [-0.4, -0.2) is 42.4 Å². The Bertz CT molecular complexity index is 1490. The monoisotopic (exact) mass is 510 g/mol. The summed E-state index contributed by atoms with van der Waals surface area (Å²) in [5.41, 5.74) is 1.36. The molecular weight excluding hydrogens is 488 g/mol. The number of fused-ring (bicyclic) bond motifs is 1. The molecule has 9 heteroatoms. The van der Waals surface area contributed by atoms with E-state index in [2.05, 4.69) is 4.98 Å². The smallest absolute Gasteiger partial charge is 0.253 e. The van der Waals surface area contributed by atoms with Gasteiger partial charge in [-0.05, 0) is 48.7 Å². The predicted octanol–water partition coefficient (Wildman–Crippen LogP) is 4.58. The van der Waals surface area contributed by atoms with Crippen LogP contribution in [0.2, 0.25) is 5.02 Å². The standard InChI is InChI=1S/C26H23ClN2O5S/c27-21-5-2-1-4-20(21)26(31)12-14-29(15-13-26)25(30)19-10-8-18(9-11-19)16-35(32,33)23-7-3-6-22-24(23)28-17-34-22/h1-11,17,31H,12-16H2. The summed E-state index contributed by atoms with van der Waals surface area (Å²) in [5.74, 6) is -0.379. The van der Waals surface area contributed by atoms with Crippen molar-refractivity contribution in [2.45, 2.75) is 29.1 Å². The lowest BCUT2D eigenvalue weighted by molar-refractivity contribution is -0.0210. The van der Waals surface area contributed by atoms with Crippen LogP contribution in [0, 0.1) is 0 Å². The summed E-state index contributed by atoms with van der Waals surface area (Å²) in [7, 11) is -3.66. The second-order valence-corrected chi connectivity index (χ2v) is 11.1. The minimum atomic E-state index is -3.66. The number of sulfone groups is 1. The van der Waals surface area contributed by atoms with Crippen LogP contribution in [0.1, 0.15) is 34.3 Å². The van der Waals surface area contributed by atoms with Gasteiger partial charge in [0.2, 0.25) is 0 Å². The van der Waals surface area contributed by atoms with Crippen molar-refractivity contribution in [2.75, 3.05) is 13.1 Å². The van der Waals surface area contributed by atoms with Crippen LogP contribution >= 0.6 is 11.6 Å². The third-order valence-corrected chi connectivity index (χ3v) is 8.51. The van der Waals surface area contributed by atoms with Crippen molar-refractivity contribution in [3.63, 3.8) is 0 Å². The average molecular weight is 511 g/mol. The van der Waals surface area contributed by atoms with Gasteiger partial charge in [-0.25, -0.2) is 13.4 Å². The Labute approximate surface area is 207 Å². The number of benzene rings is 3. The molecule has 2 heterocycles. The van der Waals surface area contributed by atoms with Crippen molar-refractivity contribution in [1.29, 1.82) is 0 Å². The molecule has 1 amide bonds. The minimum Gasteiger partial charge on any atom is -0.443 e. The summed E-state index contributed by atoms with van der Waals surface area (Å²) in [6.45, 7) is 0.775. The molecule has 1 aliphatic rings. The van der Waals surface area contributed by atoms with Gasteiger partial charge in [-0.3, -0.25) is 4.79 Å². The molecule has 1 N–H and O–H groups in total. The summed E-state index contributed by atoms with van der Waals surface area (Å²) in [4.78, 5) is 18.9. The van der Waals surface area contributed by atoms with Crippen LogP contribution in [0.4, 0.5) is 0 Å². The second-order valence-electron chi connectivity index (χ2n) is 8.71. The van der Waals surface area contributed by atoms with Crippen LogP contribution in [-0.2, 0) is 21.2 Å². The Morgan fingerprint density at radius 2 is 1.74 bits per heavy atom. The Hall–Kier alpha value is -3.20. The quantitative estimate of drug-likeness (QED) is 0.422. The van der Waals surface area contributed by atoms with E-state index in [-0.39, 0.29) is 16.6 Å². The van der Waals surface area contributed by atoms with E-state index < -0.39 is 15.4 Å². The lowest BCUT2D eigenvalue weighted by Gasteiger charge is -2.39. The number of likely N-dealkylation sites (tertiary alicyclic amines) is 1. The molecule has 3 aromatic carbocycles. The first-order chi connectivity index (χ1) is 16.8. The number of aliphatic hydroxyl groups is 1. The van der Waals surface area contributed by atoms with Crippen LogP contribution in [0.15, 0.2) is 82.4 Å². The van der Waals surface area contributed by atoms with Crippen LogP contribution < -0.4 is 0 Å². The zero-order chi connectivity index (χ0) is 24.6. The maximum absolute atomic E-state index is 13.0. The fourth-order valence-electron chi connectivity index (χ4n) is 4.52. The summed E-state index contributed by atoms with van der Waals surface area (Å²) < 4.78 is 31.2. The molecule has 5 rings (SSSR count). The fraction of sp³-hybridized carbons (Fsp3) is 0.231. The first kappa shape index (κ1) is 23.5. The summed E-state index contributed by atoms with van der Waals surface area (Å²) in [5, 5.41) is 11.6. The highest BCUT2D eigenvalue weighted by Crippen LogP contribution is 2.37. The zero-order valence-corrected chi connectivity index (χ0v) is 20.3. The van der Waals surface area contributed by atoms with Gasteiger partial charge in [-0.15, -0.1) is 0 Å². The third-order valence-electron chi connectivity index (χ3n) is 6.47. The van der Waals surface area contributed by atoms with E-state index in [1.165, 1.54) is 12.5 Å². The number of hydrogen-bond donors (Lipinski definition) is 1. The maximum Gasteiger partial charge on any atom is 0.253 e. The van der Waals surface area contributed by atoms with Gasteiger partial charge in [0.15, 0.2) is 21.8 Å². The third kappa shape index (κ3) is 4.57. The number of amides is 1. The van der Waals surface area contributed by atoms with E-state index in [1.54, 1.807) is 47.4 Å². The normalized spacial score (nSPS) is 15.9. The first-order valence-electron chi connectivity index (χ1n) is 11.2. The van der Waals surface area contributed by atoms with Crippen molar-refractivity contribution in [3.05, 3.63) is 94.8 Å². The first-order valence-corrected chi connectivity index (χ1v) is 13.2. The summed E-state index contributed by atoms with van der Waals surface area (Å²) >= 11 is 6.27. The number of carbonyl (C=O) groups excluding carboxylic acids is 1. The zero-order valence-electron chi connectivity index (χ0n) is 18.7. The molecule has 0 unspecified atom stereocenters. The molecule has 0 spiro atoms. The van der Waals surface area contributed by atoms with E-state index in [4.69, 9.17) is 16.0 Å². The van der Waals surface area contributed by atoms with Gasteiger partial charge in [0.05, 0.1) is 16.2 Å². The highest BCUT2D eigenvalue weighted by molar-refractivity contribution is 7.90. The summed E-state index contributed by atoms with van der Waals surface area (Å²) in [6, 6.07) is 18.6. The number of aromatic nitrogens is 1. The van der Waals surface area contributed by atoms with Gasteiger partial charge < -0.3 is 14.4 Å². The highest BCUT2D eigenvalue weighted by atomic mass is 35.5. The highest BCUT2D eigenvalue weighted by Gasteiger charge is 2.37. The van der Waals surface area contributed by atoms with E-state index in [0.29, 0.717) is 58.7 Å². The van der Waals surface area contributed by atoms with Gasteiger partial charge in [-0.1, -0.05) is 48.0 Å². The molecular formula is C26H23ClN2O5S. The molecule has 0 atom stereocenters. The van der Waals surface area contributed by atoms with Gasteiger partial charge in [0.25, 0.3) is 5.91 Å². The molecule has 1 saturated heterocycles. The minimum absolute atomic E-state index is 0.114. The van der Waals surface area contributed by atoms with Crippen molar-refractivity contribution < 1.29 is 22.7 Å². The molecule has 35 heavy (non-hydrogen) atoms. The average Bonchev–Trinajstić information content (AvgIpc) is 3.33. The van der Waals surface area contributed by atoms with E-state index in [9.17, 15) is 18.3 Å². The number of halogens is 1. The molecule has 1 aromatic heterocycles. The van der Waals surface area contributed by atoms with Gasteiger partial charge >= 0.3 is 0 Å². The van der Waals surface area contributed by atoms with Gasteiger partial charge in [-0.2, -0.15) is 0 Å². The number of oxazole rings is 1. The number of para-hydroxylation sites is 1. The Balaban J connectivity index is 1.27. The van der Waals surface area contributed by atoms with Crippen LogP contribution in [0.25, 0.3) is 11.1 Å². The van der Waals surface area contributed by atoms with E-state index in [1.807, 2.05) is 18.2 Å². The number of hydrogen-bond acceptors (Lipinski definition) is 6. The molecule has 0 radical (unpaired) electrons. The second kappa shape index (κ2) is 9.11. The molecule has 1 aliphatic heterocycles. The lowest BCUT2D eigenvalue weighted by Crippen LogP contribution is -2.45. The molecule has 180 valence electrons. The molecule has 1 fully saturated rings. The Morgan fingerprint density at radius 3 is 2.46 bits per heavy atom. The van der Waals surface area contributed by atoms with Crippen molar-refractivity contribution >= 4 is 38.4 Å². The van der Waals surface area contributed by atoms with Gasteiger partial charge in [0.1, 0.15) is 5.52 Å². The number of rotatable bonds is 5. The Kier molecular flexibility index (Phi) is 6.13. The van der Waals surface area contributed by atoms with Gasteiger partial charge in [0, 0.05) is 29.2 Å². The number of carbonyl (C=O) groups is 1. The fourth-order valence-corrected chi connectivity index (χ4v) is 6.35. The molecule has 0 aliphatic carbocycles. The van der Waals surface area contributed by atoms with Crippen molar-refractivity contribution in [3.8, 4) is 0 Å². The number of nitrogens with zero attached hydrogens (tertiary/aromatic N) is 2. The van der Waals surface area contributed by atoms with Crippen LogP contribution in [0.5, 0.6) is 0 Å². The molecule has 0 saturated carbocycles. The lowest BCUT2D eigenvalue weighted by atomic mass is 9.84. The van der Waals surface area contributed by atoms with Crippen LogP contribution in [0.3, 0.4) is 0 Å². The van der Waals surface area contributed by atoms with Crippen molar-refractivity contribution in [1.82, 2.24) is 9.88 Å². The Morgan fingerprint density at radius 1 is 1.03 bits per heavy atom. The predicted molar refractivity (Wildman–Crippen MR) is 132 cm³/mol. The molecule has 4 aromatic rings. The number of piperidine rings is 1.